The van der Waals surface area contributed by atoms with E-state index in [9.17, 15) is 9.59 Å². The topological polar surface area (TPSA) is 89.6 Å². The summed E-state index contributed by atoms with van der Waals surface area (Å²) >= 11 is 1.33. The van der Waals surface area contributed by atoms with Crippen molar-refractivity contribution in [2.24, 2.45) is 11.1 Å². The second-order valence-corrected chi connectivity index (χ2v) is 4.87. The molecule has 0 amide bonds. The van der Waals surface area contributed by atoms with Gasteiger partial charge in [0.25, 0.3) is 0 Å². The Morgan fingerprint density at radius 1 is 1.53 bits per heavy atom. The summed E-state index contributed by atoms with van der Waals surface area (Å²) in [6.07, 6.45) is 0. The maximum Gasteiger partial charge on any atom is 0.321 e. The molecule has 0 aliphatic heterocycles. The van der Waals surface area contributed by atoms with Crippen molar-refractivity contribution in [3.05, 3.63) is 0 Å². The number of carboxylic acids is 1. The Morgan fingerprint density at radius 2 is 2.07 bits per heavy atom. The molecule has 0 rings (SSSR count). The molecule has 0 fully saturated rings. The number of carboxylic acid groups (broad SMARTS) is 1. The first kappa shape index (κ1) is 14.2. The third-order valence-corrected chi connectivity index (χ3v) is 3.34. The Kier molecular flexibility index (Phi) is 5.67. The molecule has 0 radical (unpaired) electrons. The Balaban J connectivity index is 3.95. The van der Waals surface area contributed by atoms with E-state index in [0.29, 0.717) is 5.75 Å². The summed E-state index contributed by atoms with van der Waals surface area (Å²) in [6.45, 7) is 3.50. The molecule has 0 aromatic heterocycles. The first-order valence-electron chi connectivity index (χ1n) is 4.46. The van der Waals surface area contributed by atoms with Crippen LogP contribution < -0.4 is 5.73 Å². The fourth-order valence-electron chi connectivity index (χ4n) is 0.848. The van der Waals surface area contributed by atoms with Gasteiger partial charge in [0, 0.05) is 11.5 Å². The van der Waals surface area contributed by atoms with Crippen LogP contribution in [0.2, 0.25) is 0 Å². The standard InChI is InChI=1S/C9H17NO4S/c1-9(2,8(13)14-3)5-15-4-6(10)7(11)12/h6H,4-5,10H2,1-3H3,(H,11,12). The zero-order chi connectivity index (χ0) is 12.1. The van der Waals surface area contributed by atoms with Crippen LogP contribution in [0.25, 0.3) is 0 Å². The van der Waals surface area contributed by atoms with E-state index in [4.69, 9.17) is 10.8 Å². The molecular formula is C9H17NO4S. The molecule has 6 heteroatoms. The Labute approximate surface area is 93.4 Å². The van der Waals surface area contributed by atoms with Gasteiger partial charge in [-0.05, 0) is 13.8 Å². The first-order valence-corrected chi connectivity index (χ1v) is 5.61. The van der Waals surface area contributed by atoms with Gasteiger partial charge in [0.1, 0.15) is 6.04 Å². The molecule has 0 aromatic rings. The molecule has 0 saturated carbocycles. The molecule has 0 saturated heterocycles. The largest absolute Gasteiger partial charge is 0.480 e. The molecule has 1 atom stereocenters. The molecule has 3 N–H and O–H groups in total. The summed E-state index contributed by atoms with van der Waals surface area (Å²) in [5.74, 6) is -0.562. The van der Waals surface area contributed by atoms with Crippen molar-refractivity contribution in [3.63, 3.8) is 0 Å². The van der Waals surface area contributed by atoms with Gasteiger partial charge in [0.05, 0.1) is 12.5 Å². The first-order chi connectivity index (χ1) is 6.81. The predicted molar refractivity (Wildman–Crippen MR) is 58.7 cm³/mol. The van der Waals surface area contributed by atoms with Crippen LogP contribution in [-0.2, 0) is 14.3 Å². The third-order valence-electron chi connectivity index (χ3n) is 1.82. The van der Waals surface area contributed by atoms with Crippen LogP contribution in [0.1, 0.15) is 13.8 Å². The highest BCUT2D eigenvalue weighted by molar-refractivity contribution is 7.99. The normalized spacial score (nSPS) is 13.3. The lowest BCUT2D eigenvalue weighted by atomic mass is 9.97. The van der Waals surface area contributed by atoms with Crippen molar-refractivity contribution in [2.75, 3.05) is 18.6 Å². The highest BCUT2D eigenvalue weighted by Gasteiger charge is 2.28. The Morgan fingerprint density at radius 3 is 2.47 bits per heavy atom. The van der Waals surface area contributed by atoms with Crippen LogP contribution in [0.3, 0.4) is 0 Å². The van der Waals surface area contributed by atoms with Crippen molar-refractivity contribution in [1.82, 2.24) is 0 Å². The maximum atomic E-state index is 11.3. The molecule has 1 unspecified atom stereocenters. The SMILES string of the molecule is COC(=O)C(C)(C)CSCC(N)C(=O)O. The van der Waals surface area contributed by atoms with Crippen LogP contribution in [0, 0.1) is 5.41 Å². The molecule has 0 aliphatic carbocycles. The Bertz CT molecular complexity index is 242. The lowest BCUT2D eigenvalue weighted by molar-refractivity contribution is -0.149. The fraction of sp³-hybridized carbons (Fsp3) is 0.778. The summed E-state index contributed by atoms with van der Waals surface area (Å²) in [4.78, 5) is 21.7. The van der Waals surface area contributed by atoms with E-state index in [0.717, 1.165) is 0 Å². The molecule has 0 heterocycles. The van der Waals surface area contributed by atoms with E-state index >= 15 is 0 Å². The van der Waals surface area contributed by atoms with Gasteiger partial charge in [-0.25, -0.2) is 0 Å². The number of hydrogen-bond acceptors (Lipinski definition) is 5. The van der Waals surface area contributed by atoms with Crippen molar-refractivity contribution < 1.29 is 19.4 Å². The second kappa shape index (κ2) is 5.97. The van der Waals surface area contributed by atoms with E-state index in [1.165, 1.54) is 18.9 Å². The molecule has 0 aromatic carbocycles. The summed E-state index contributed by atoms with van der Waals surface area (Å²) in [5, 5.41) is 8.54. The zero-order valence-corrected chi connectivity index (χ0v) is 9.97. The molecular weight excluding hydrogens is 218 g/mol. The van der Waals surface area contributed by atoms with Gasteiger partial charge in [-0.3, -0.25) is 9.59 Å². The molecule has 5 nitrogen and oxygen atoms in total. The predicted octanol–water partition coefficient (Wildman–Crippen LogP) is 0.331. The fourth-order valence-corrected chi connectivity index (χ4v) is 1.99. The van der Waals surface area contributed by atoms with Crippen LogP contribution in [0.15, 0.2) is 0 Å². The quantitative estimate of drug-likeness (QED) is 0.645. The van der Waals surface area contributed by atoms with Gasteiger partial charge >= 0.3 is 11.9 Å². The van der Waals surface area contributed by atoms with E-state index in [-0.39, 0.29) is 11.7 Å². The number of ether oxygens (including phenoxy) is 1. The summed E-state index contributed by atoms with van der Waals surface area (Å²) in [6, 6.07) is -0.886. The van der Waals surface area contributed by atoms with Gasteiger partial charge in [-0.2, -0.15) is 11.8 Å². The summed E-state index contributed by atoms with van der Waals surface area (Å²) in [7, 11) is 1.33. The zero-order valence-electron chi connectivity index (χ0n) is 9.15. The van der Waals surface area contributed by atoms with Crippen LogP contribution >= 0.6 is 11.8 Å². The van der Waals surface area contributed by atoms with Gasteiger partial charge in [0.15, 0.2) is 0 Å². The highest BCUT2D eigenvalue weighted by atomic mass is 32.2. The second-order valence-electron chi connectivity index (χ2n) is 3.84. The average Bonchev–Trinajstić information content (AvgIpc) is 2.15. The maximum absolute atomic E-state index is 11.3. The molecule has 0 aliphatic rings. The number of aliphatic carboxylic acids is 1. The average molecular weight is 235 g/mol. The Hall–Kier alpha value is -0.750. The van der Waals surface area contributed by atoms with Crippen molar-refractivity contribution in [2.45, 2.75) is 19.9 Å². The number of carbonyl (C=O) groups excluding carboxylic acids is 1. The third kappa shape index (κ3) is 5.03. The van der Waals surface area contributed by atoms with Gasteiger partial charge in [-0.1, -0.05) is 0 Å². The number of esters is 1. The molecule has 0 bridgehead atoms. The highest BCUT2D eigenvalue weighted by Crippen LogP contribution is 2.23. The van der Waals surface area contributed by atoms with Crippen LogP contribution in [-0.4, -0.2) is 41.7 Å². The number of carbonyl (C=O) groups is 2. The molecule has 15 heavy (non-hydrogen) atoms. The minimum Gasteiger partial charge on any atom is -0.480 e. The van der Waals surface area contributed by atoms with Gasteiger partial charge in [-0.15, -0.1) is 0 Å². The van der Waals surface area contributed by atoms with Gasteiger partial charge < -0.3 is 15.6 Å². The number of thioether (sulfide) groups is 1. The minimum absolute atomic E-state index is 0.287. The lowest BCUT2D eigenvalue weighted by Gasteiger charge is -2.21. The number of methoxy groups -OCH3 is 1. The van der Waals surface area contributed by atoms with Gasteiger partial charge in [0.2, 0.25) is 0 Å². The van der Waals surface area contributed by atoms with E-state index in [1.54, 1.807) is 13.8 Å². The summed E-state index contributed by atoms with van der Waals surface area (Å²) < 4.78 is 4.62. The number of hydrogen-bond donors (Lipinski definition) is 2. The molecule has 88 valence electrons. The van der Waals surface area contributed by atoms with E-state index < -0.39 is 17.4 Å². The smallest absolute Gasteiger partial charge is 0.321 e. The van der Waals surface area contributed by atoms with Crippen molar-refractivity contribution in [1.29, 1.82) is 0 Å². The van der Waals surface area contributed by atoms with Crippen LogP contribution in [0.4, 0.5) is 0 Å². The number of rotatable bonds is 6. The number of nitrogens with two attached hydrogens (primary N) is 1. The van der Waals surface area contributed by atoms with Crippen molar-refractivity contribution in [3.8, 4) is 0 Å². The van der Waals surface area contributed by atoms with E-state index in [2.05, 4.69) is 4.74 Å². The minimum atomic E-state index is -1.03. The monoisotopic (exact) mass is 235 g/mol. The van der Waals surface area contributed by atoms with E-state index in [1.807, 2.05) is 0 Å². The lowest BCUT2D eigenvalue weighted by Crippen LogP contribution is -2.34. The molecule has 0 spiro atoms. The van der Waals surface area contributed by atoms with Crippen LogP contribution in [0.5, 0.6) is 0 Å². The van der Waals surface area contributed by atoms with Crippen molar-refractivity contribution >= 4 is 23.7 Å². The summed E-state index contributed by atoms with van der Waals surface area (Å²) in [5.41, 5.74) is 4.70.